The standard InChI is InChI=1S/C22H25N3O3/c1-13-14(2)25-12-18(22(28)24-16-8-9-16)17(20(27)21(25)23-13)10-11-19(26)15-6-4-3-5-7-15/h3-7,12,16,19,26-27H,8-11H2,1-2H3,(H,24,28)/t19-/m1/s1. The predicted molar refractivity (Wildman–Crippen MR) is 107 cm³/mol. The Balaban J connectivity index is 1.69. The van der Waals surface area contributed by atoms with E-state index in [0.29, 0.717) is 29.6 Å². The largest absolute Gasteiger partial charge is 0.504 e. The van der Waals surface area contributed by atoms with Crippen molar-refractivity contribution in [3.63, 3.8) is 0 Å². The van der Waals surface area contributed by atoms with Crippen molar-refractivity contribution < 1.29 is 15.0 Å². The second-order valence-electron chi connectivity index (χ2n) is 7.56. The number of nitrogens with one attached hydrogen (secondary N) is 1. The smallest absolute Gasteiger partial charge is 0.253 e. The minimum Gasteiger partial charge on any atom is -0.504 e. The first-order chi connectivity index (χ1) is 13.5. The number of aliphatic hydroxyl groups excluding tert-OH is 1. The number of carbonyl (C=O) groups excluding carboxylic acids is 1. The topological polar surface area (TPSA) is 86.9 Å². The van der Waals surface area contributed by atoms with Crippen LogP contribution in [0.3, 0.4) is 0 Å². The molecule has 3 aromatic rings. The molecular weight excluding hydrogens is 354 g/mol. The van der Waals surface area contributed by atoms with Gasteiger partial charge in [-0.05, 0) is 45.1 Å². The zero-order valence-corrected chi connectivity index (χ0v) is 16.1. The molecule has 1 aliphatic rings. The molecule has 4 rings (SSSR count). The summed E-state index contributed by atoms with van der Waals surface area (Å²) in [6.45, 7) is 3.79. The fourth-order valence-electron chi connectivity index (χ4n) is 3.48. The number of aromatic hydroxyl groups is 1. The second-order valence-corrected chi connectivity index (χ2v) is 7.56. The van der Waals surface area contributed by atoms with Crippen molar-refractivity contribution in [2.45, 2.75) is 51.7 Å². The molecule has 0 aliphatic heterocycles. The first-order valence-corrected chi connectivity index (χ1v) is 9.69. The molecular formula is C22H25N3O3. The van der Waals surface area contributed by atoms with Gasteiger partial charge in [-0.25, -0.2) is 4.98 Å². The van der Waals surface area contributed by atoms with Gasteiger partial charge in [0.1, 0.15) is 0 Å². The number of nitrogens with zero attached hydrogens (tertiary/aromatic N) is 2. The third kappa shape index (κ3) is 3.47. The molecule has 6 nitrogen and oxygen atoms in total. The lowest BCUT2D eigenvalue weighted by molar-refractivity contribution is 0.0948. The van der Waals surface area contributed by atoms with E-state index >= 15 is 0 Å². The van der Waals surface area contributed by atoms with E-state index in [9.17, 15) is 15.0 Å². The van der Waals surface area contributed by atoms with Crippen LogP contribution in [0.4, 0.5) is 0 Å². The molecule has 1 aliphatic carbocycles. The van der Waals surface area contributed by atoms with Gasteiger partial charge in [-0.3, -0.25) is 4.79 Å². The van der Waals surface area contributed by atoms with Crippen LogP contribution in [-0.4, -0.2) is 31.5 Å². The maximum atomic E-state index is 12.8. The summed E-state index contributed by atoms with van der Waals surface area (Å²) >= 11 is 0. The number of aryl methyl sites for hydroxylation is 2. The minimum absolute atomic E-state index is 0.0138. The lowest BCUT2D eigenvalue weighted by Gasteiger charge is -2.16. The van der Waals surface area contributed by atoms with Gasteiger partial charge in [0.05, 0.1) is 17.4 Å². The highest BCUT2D eigenvalue weighted by molar-refractivity contribution is 5.97. The third-order valence-corrected chi connectivity index (χ3v) is 5.48. The third-order valence-electron chi connectivity index (χ3n) is 5.48. The van der Waals surface area contributed by atoms with Crippen LogP contribution in [0.2, 0.25) is 0 Å². The quantitative estimate of drug-likeness (QED) is 0.614. The number of hydrogen-bond acceptors (Lipinski definition) is 4. The molecule has 0 radical (unpaired) electrons. The molecule has 0 unspecified atom stereocenters. The van der Waals surface area contributed by atoms with E-state index in [1.54, 1.807) is 10.6 Å². The summed E-state index contributed by atoms with van der Waals surface area (Å²) in [6.07, 6.45) is 3.84. The maximum Gasteiger partial charge on any atom is 0.253 e. The molecule has 1 saturated carbocycles. The first-order valence-electron chi connectivity index (χ1n) is 9.69. The van der Waals surface area contributed by atoms with Crippen molar-refractivity contribution in [1.82, 2.24) is 14.7 Å². The number of rotatable bonds is 6. The normalized spacial score (nSPS) is 15.0. The second kappa shape index (κ2) is 7.28. The van der Waals surface area contributed by atoms with Crippen molar-refractivity contribution in [3.05, 3.63) is 64.6 Å². The number of amides is 1. The molecule has 2 heterocycles. The number of aromatic nitrogens is 2. The first kappa shape index (κ1) is 18.5. The molecule has 0 bridgehead atoms. The Bertz CT molecular complexity index is 1020. The molecule has 1 atom stereocenters. The van der Waals surface area contributed by atoms with Crippen LogP contribution in [0.25, 0.3) is 5.65 Å². The molecule has 0 spiro atoms. The van der Waals surface area contributed by atoms with Gasteiger partial charge in [-0.2, -0.15) is 0 Å². The Hall–Kier alpha value is -2.86. The molecule has 0 saturated heterocycles. The monoisotopic (exact) mass is 379 g/mol. The molecule has 1 fully saturated rings. The maximum absolute atomic E-state index is 12.8. The van der Waals surface area contributed by atoms with Crippen molar-refractivity contribution in [2.24, 2.45) is 0 Å². The van der Waals surface area contributed by atoms with Gasteiger partial charge in [0.2, 0.25) is 0 Å². The fraction of sp³-hybridized carbons (Fsp3) is 0.364. The zero-order valence-electron chi connectivity index (χ0n) is 16.1. The highest BCUT2D eigenvalue weighted by Gasteiger charge is 2.27. The Morgan fingerprint density at radius 1 is 1.29 bits per heavy atom. The number of carbonyl (C=O) groups is 1. The Kier molecular flexibility index (Phi) is 4.81. The predicted octanol–water partition coefficient (Wildman–Crippen LogP) is 3.22. The summed E-state index contributed by atoms with van der Waals surface area (Å²) in [5.74, 6) is -0.172. The number of benzene rings is 1. The molecule has 146 valence electrons. The van der Waals surface area contributed by atoms with Gasteiger partial charge in [0, 0.05) is 23.5 Å². The van der Waals surface area contributed by atoms with Gasteiger partial charge in [0.25, 0.3) is 5.91 Å². The number of hydrogen-bond donors (Lipinski definition) is 3. The van der Waals surface area contributed by atoms with Gasteiger partial charge < -0.3 is 19.9 Å². The van der Waals surface area contributed by atoms with Crippen LogP contribution >= 0.6 is 0 Å². The van der Waals surface area contributed by atoms with Gasteiger partial charge in [0.15, 0.2) is 11.4 Å². The highest BCUT2D eigenvalue weighted by Crippen LogP contribution is 2.32. The van der Waals surface area contributed by atoms with E-state index in [-0.39, 0.29) is 17.7 Å². The minimum atomic E-state index is -0.667. The van der Waals surface area contributed by atoms with Crippen LogP contribution in [-0.2, 0) is 6.42 Å². The lowest BCUT2D eigenvalue weighted by atomic mass is 9.98. The average Bonchev–Trinajstić information content (AvgIpc) is 3.46. The Morgan fingerprint density at radius 3 is 2.68 bits per heavy atom. The van der Waals surface area contributed by atoms with Crippen LogP contribution in [0, 0.1) is 13.8 Å². The van der Waals surface area contributed by atoms with Crippen LogP contribution in [0.15, 0.2) is 36.5 Å². The lowest BCUT2D eigenvalue weighted by Crippen LogP contribution is -2.27. The number of aliphatic hydroxyl groups is 1. The average molecular weight is 379 g/mol. The summed E-state index contributed by atoms with van der Waals surface area (Å²) < 4.78 is 1.77. The van der Waals surface area contributed by atoms with E-state index in [4.69, 9.17) is 0 Å². The van der Waals surface area contributed by atoms with Crippen molar-refractivity contribution in [1.29, 1.82) is 0 Å². The van der Waals surface area contributed by atoms with E-state index in [2.05, 4.69) is 10.3 Å². The summed E-state index contributed by atoms with van der Waals surface area (Å²) in [5.41, 5.74) is 3.94. The van der Waals surface area contributed by atoms with Crippen molar-refractivity contribution in [3.8, 4) is 5.75 Å². The Morgan fingerprint density at radius 2 is 2.00 bits per heavy atom. The summed E-state index contributed by atoms with van der Waals surface area (Å²) in [4.78, 5) is 17.3. The molecule has 6 heteroatoms. The van der Waals surface area contributed by atoms with Crippen LogP contribution < -0.4 is 5.32 Å². The molecule has 28 heavy (non-hydrogen) atoms. The summed E-state index contributed by atoms with van der Waals surface area (Å²) in [5, 5.41) is 24.4. The summed E-state index contributed by atoms with van der Waals surface area (Å²) in [7, 11) is 0. The molecule has 1 amide bonds. The number of fused-ring (bicyclic) bond motifs is 1. The zero-order chi connectivity index (χ0) is 19.8. The van der Waals surface area contributed by atoms with Gasteiger partial charge in [-0.1, -0.05) is 30.3 Å². The van der Waals surface area contributed by atoms with Gasteiger partial charge in [-0.15, -0.1) is 0 Å². The van der Waals surface area contributed by atoms with Gasteiger partial charge >= 0.3 is 0 Å². The molecule has 2 aromatic heterocycles. The van der Waals surface area contributed by atoms with E-state index < -0.39 is 6.10 Å². The SMILES string of the molecule is Cc1nc2c(O)c(CC[C@@H](O)c3ccccc3)c(C(=O)NC3CC3)cn2c1C. The molecule has 1 aromatic carbocycles. The number of pyridine rings is 1. The van der Waals surface area contributed by atoms with E-state index in [1.165, 1.54) is 0 Å². The van der Waals surface area contributed by atoms with E-state index in [0.717, 1.165) is 29.8 Å². The summed E-state index contributed by atoms with van der Waals surface area (Å²) in [6, 6.07) is 9.63. The highest BCUT2D eigenvalue weighted by atomic mass is 16.3. The van der Waals surface area contributed by atoms with Crippen molar-refractivity contribution in [2.75, 3.05) is 0 Å². The van der Waals surface area contributed by atoms with Crippen LogP contribution in [0.1, 0.15) is 58.2 Å². The van der Waals surface area contributed by atoms with E-state index in [1.807, 2.05) is 44.2 Å². The Labute approximate surface area is 163 Å². The van der Waals surface area contributed by atoms with Crippen LogP contribution in [0.5, 0.6) is 5.75 Å². The number of imidazole rings is 1. The van der Waals surface area contributed by atoms with Crippen molar-refractivity contribution >= 4 is 11.6 Å². The fourth-order valence-corrected chi connectivity index (χ4v) is 3.48. The molecule has 3 N–H and O–H groups in total.